The molecule has 0 saturated carbocycles. The van der Waals surface area contributed by atoms with Gasteiger partial charge in [0.15, 0.2) is 0 Å². The predicted molar refractivity (Wildman–Crippen MR) is 81.1 cm³/mol. The van der Waals surface area contributed by atoms with Gasteiger partial charge in [0.2, 0.25) is 0 Å². The number of aliphatic carboxylic acids is 1. The average Bonchev–Trinajstić information content (AvgIpc) is 2.40. The van der Waals surface area contributed by atoms with Crippen molar-refractivity contribution in [1.82, 2.24) is 4.90 Å². The van der Waals surface area contributed by atoms with Crippen LogP contribution in [0.4, 0.5) is 0 Å². The Kier molecular flexibility index (Phi) is 5.44. The maximum absolute atomic E-state index is 10.7. The third-order valence-electron chi connectivity index (χ3n) is 3.97. The third kappa shape index (κ3) is 4.50. The molecule has 110 valence electrons. The number of piperidine rings is 1. The molecule has 1 fully saturated rings. The second-order valence-corrected chi connectivity index (χ2v) is 6.18. The number of nitrogens with zero attached hydrogens (tertiary/aromatic N) is 1. The minimum absolute atomic E-state index is 0.282. The van der Waals surface area contributed by atoms with Crippen molar-refractivity contribution in [3.8, 4) is 0 Å². The number of benzene rings is 1. The molecule has 1 aromatic rings. The van der Waals surface area contributed by atoms with Crippen molar-refractivity contribution in [3.05, 3.63) is 34.3 Å². The fraction of sp³-hybridized carbons (Fsp3) is 0.562. The van der Waals surface area contributed by atoms with E-state index < -0.39 is 5.97 Å². The summed E-state index contributed by atoms with van der Waals surface area (Å²) in [7, 11) is 0. The van der Waals surface area contributed by atoms with Gasteiger partial charge in [0.1, 0.15) is 0 Å². The van der Waals surface area contributed by atoms with Crippen LogP contribution in [0.2, 0.25) is 5.02 Å². The summed E-state index contributed by atoms with van der Waals surface area (Å²) in [6, 6.07) is 6.19. The second-order valence-electron chi connectivity index (χ2n) is 5.77. The fourth-order valence-electron chi connectivity index (χ4n) is 2.88. The first-order valence-corrected chi connectivity index (χ1v) is 7.61. The highest BCUT2D eigenvalue weighted by Gasteiger charge is 2.21. The van der Waals surface area contributed by atoms with Gasteiger partial charge < -0.3 is 5.11 Å². The Morgan fingerprint density at radius 2 is 2.30 bits per heavy atom. The summed E-state index contributed by atoms with van der Waals surface area (Å²) in [6.07, 6.45) is 3.36. The van der Waals surface area contributed by atoms with E-state index in [9.17, 15) is 4.79 Å². The third-order valence-corrected chi connectivity index (χ3v) is 4.32. The Balaban J connectivity index is 1.90. The van der Waals surface area contributed by atoms with Gasteiger partial charge in [0.05, 0.1) is 0 Å². The number of hydrogen-bond donors (Lipinski definition) is 1. The molecular weight excluding hydrogens is 274 g/mol. The van der Waals surface area contributed by atoms with Crippen molar-refractivity contribution in [2.45, 2.75) is 39.2 Å². The SMILES string of the molecule is Cc1ccc(CN2CCCC(CCC(=O)O)C2)c(Cl)c1. The summed E-state index contributed by atoms with van der Waals surface area (Å²) in [5.41, 5.74) is 2.34. The summed E-state index contributed by atoms with van der Waals surface area (Å²) in [4.78, 5) is 13.1. The van der Waals surface area contributed by atoms with Crippen molar-refractivity contribution in [3.63, 3.8) is 0 Å². The summed E-state index contributed by atoms with van der Waals surface area (Å²) in [6.45, 7) is 4.96. The molecule has 4 heteroatoms. The zero-order chi connectivity index (χ0) is 14.5. The van der Waals surface area contributed by atoms with E-state index >= 15 is 0 Å². The van der Waals surface area contributed by atoms with E-state index in [1.54, 1.807) is 0 Å². The van der Waals surface area contributed by atoms with Gasteiger partial charge >= 0.3 is 5.97 Å². The number of aryl methyl sites for hydroxylation is 1. The van der Waals surface area contributed by atoms with Crippen LogP contribution < -0.4 is 0 Å². The molecule has 1 heterocycles. The van der Waals surface area contributed by atoms with Crippen LogP contribution in [0.1, 0.15) is 36.8 Å². The molecule has 2 rings (SSSR count). The average molecular weight is 296 g/mol. The van der Waals surface area contributed by atoms with Gasteiger partial charge in [-0.2, -0.15) is 0 Å². The van der Waals surface area contributed by atoms with Gasteiger partial charge in [-0.1, -0.05) is 23.7 Å². The zero-order valence-electron chi connectivity index (χ0n) is 11.9. The Bertz CT molecular complexity index is 476. The van der Waals surface area contributed by atoms with Gasteiger partial charge in [-0.15, -0.1) is 0 Å². The Morgan fingerprint density at radius 3 is 3.00 bits per heavy atom. The quantitative estimate of drug-likeness (QED) is 0.900. The molecule has 1 unspecified atom stereocenters. The van der Waals surface area contributed by atoms with E-state index in [1.165, 1.54) is 5.56 Å². The molecule has 1 aliphatic heterocycles. The monoisotopic (exact) mass is 295 g/mol. The van der Waals surface area contributed by atoms with Gasteiger partial charge in [-0.05, 0) is 55.8 Å². The van der Waals surface area contributed by atoms with E-state index in [1.807, 2.05) is 13.0 Å². The fourth-order valence-corrected chi connectivity index (χ4v) is 3.17. The van der Waals surface area contributed by atoms with Crippen molar-refractivity contribution in [2.24, 2.45) is 5.92 Å². The predicted octanol–water partition coefficient (Wildman–Crippen LogP) is 3.73. The first kappa shape index (κ1) is 15.3. The molecule has 0 spiro atoms. The van der Waals surface area contributed by atoms with E-state index in [-0.39, 0.29) is 6.42 Å². The molecule has 1 saturated heterocycles. The zero-order valence-corrected chi connectivity index (χ0v) is 12.7. The van der Waals surface area contributed by atoms with Crippen LogP contribution in [0.3, 0.4) is 0 Å². The Labute approximate surface area is 125 Å². The van der Waals surface area contributed by atoms with Crippen molar-refractivity contribution >= 4 is 17.6 Å². The number of rotatable bonds is 5. The summed E-state index contributed by atoms with van der Waals surface area (Å²) in [5, 5.41) is 9.61. The lowest BCUT2D eigenvalue weighted by Gasteiger charge is -2.32. The molecule has 0 bridgehead atoms. The molecule has 0 radical (unpaired) electrons. The summed E-state index contributed by atoms with van der Waals surface area (Å²) >= 11 is 6.28. The standard InChI is InChI=1S/C16H22ClNO2/c1-12-4-6-14(15(17)9-12)11-18-8-2-3-13(10-18)5-7-16(19)20/h4,6,9,13H,2-3,5,7-8,10-11H2,1H3,(H,19,20). The van der Waals surface area contributed by atoms with Crippen LogP contribution in [-0.2, 0) is 11.3 Å². The van der Waals surface area contributed by atoms with E-state index in [0.29, 0.717) is 5.92 Å². The smallest absolute Gasteiger partial charge is 0.303 e. The highest BCUT2D eigenvalue weighted by atomic mass is 35.5. The van der Waals surface area contributed by atoms with Crippen LogP contribution in [0.5, 0.6) is 0 Å². The normalized spacial score (nSPS) is 20.0. The minimum atomic E-state index is -0.691. The summed E-state index contributed by atoms with van der Waals surface area (Å²) in [5.74, 6) is -0.187. The number of halogens is 1. The summed E-state index contributed by atoms with van der Waals surface area (Å²) < 4.78 is 0. The largest absolute Gasteiger partial charge is 0.481 e. The van der Waals surface area contributed by atoms with Crippen LogP contribution >= 0.6 is 11.6 Å². The van der Waals surface area contributed by atoms with Gasteiger partial charge in [-0.3, -0.25) is 9.69 Å². The first-order valence-electron chi connectivity index (χ1n) is 7.24. The highest BCUT2D eigenvalue weighted by molar-refractivity contribution is 6.31. The molecule has 0 amide bonds. The van der Waals surface area contributed by atoms with Crippen molar-refractivity contribution in [1.29, 1.82) is 0 Å². The molecule has 1 atom stereocenters. The van der Waals surface area contributed by atoms with Gasteiger partial charge in [0, 0.05) is 24.5 Å². The maximum atomic E-state index is 10.7. The Hall–Kier alpha value is -1.06. The van der Waals surface area contributed by atoms with E-state index in [0.717, 1.165) is 49.5 Å². The van der Waals surface area contributed by atoms with E-state index in [4.69, 9.17) is 16.7 Å². The van der Waals surface area contributed by atoms with Crippen molar-refractivity contribution in [2.75, 3.05) is 13.1 Å². The van der Waals surface area contributed by atoms with Gasteiger partial charge in [-0.25, -0.2) is 0 Å². The first-order chi connectivity index (χ1) is 9.54. The second kappa shape index (κ2) is 7.09. The number of carboxylic acid groups (broad SMARTS) is 1. The number of likely N-dealkylation sites (tertiary alicyclic amines) is 1. The van der Waals surface area contributed by atoms with Gasteiger partial charge in [0.25, 0.3) is 0 Å². The molecular formula is C16H22ClNO2. The van der Waals surface area contributed by atoms with Crippen LogP contribution in [-0.4, -0.2) is 29.1 Å². The van der Waals surface area contributed by atoms with Crippen LogP contribution in [0.15, 0.2) is 18.2 Å². The molecule has 1 N–H and O–H groups in total. The lowest BCUT2D eigenvalue weighted by Crippen LogP contribution is -2.35. The van der Waals surface area contributed by atoms with E-state index in [2.05, 4.69) is 17.0 Å². The molecule has 1 aromatic carbocycles. The number of carbonyl (C=O) groups is 1. The molecule has 0 aromatic heterocycles. The lowest BCUT2D eigenvalue weighted by molar-refractivity contribution is -0.137. The molecule has 20 heavy (non-hydrogen) atoms. The maximum Gasteiger partial charge on any atom is 0.303 e. The van der Waals surface area contributed by atoms with Crippen LogP contribution in [0.25, 0.3) is 0 Å². The Morgan fingerprint density at radius 1 is 1.50 bits per heavy atom. The molecule has 1 aliphatic rings. The number of hydrogen-bond acceptors (Lipinski definition) is 2. The minimum Gasteiger partial charge on any atom is -0.481 e. The van der Waals surface area contributed by atoms with Crippen molar-refractivity contribution < 1.29 is 9.90 Å². The van der Waals surface area contributed by atoms with Crippen LogP contribution in [0, 0.1) is 12.8 Å². The number of carboxylic acids is 1. The molecule has 0 aliphatic carbocycles. The topological polar surface area (TPSA) is 40.5 Å². The lowest BCUT2D eigenvalue weighted by atomic mass is 9.93. The highest BCUT2D eigenvalue weighted by Crippen LogP contribution is 2.25. The molecule has 3 nitrogen and oxygen atoms in total.